The topological polar surface area (TPSA) is 46.2 Å². The van der Waals surface area contributed by atoms with Crippen LogP contribution in [0.15, 0.2) is 60.7 Å². The third-order valence-electron chi connectivity index (χ3n) is 3.76. The molecule has 0 unspecified atom stereocenters. The van der Waals surface area contributed by atoms with Crippen molar-refractivity contribution in [1.82, 2.24) is 5.32 Å². The first-order valence-electron chi connectivity index (χ1n) is 7.04. The molecular weight excluding hydrogens is 262 g/mol. The molecule has 0 aliphatic carbocycles. The summed E-state index contributed by atoms with van der Waals surface area (Å²) in [5, 5.41) is 2.92. The molecule has 0 bridgehead atoms. The van der Waals surface area contributed by atoms with E-state index >= 15 is 0 Å². The lowest BCUT2D eigenvalue weighted by atomic mass is 9.83. The van der Waals surface area contributed by atoms with E-state index in [-0.39, 0.29) is 11.7 Å². The van der Waals surface area contributed by atoms with Crippen molar-refractivity contribution in [2.24, 2.45) is 0 Å². The number of amides is 1. The summed E-state index contributed by atoms with van der Waals surface area (Å²) in [6.07, 6.45) is 0.505. The molecule has 0 aliphatic rings. The molecule has 3 nitrogen and oxygen atoms in total. The first-order valence-corrected chi connectivity index (χ1v) is 7.04. The van der Waals surface area contributed by atoms with Gasteiger partial charge >= 0.3 is 0 Å². The van der Waals surface area contributed by atoms with Gasteiger partial charge < -0.3 is 5.32 Å². The molecule has 2 aromatic rings. The summed E-state index contributed by atoms with van der Waals surface area (Å²) >= 11 is 0. The van der Waals surface area contributed by atoms with Crippen molar-refractivity contribution in [3.05, 3.63) is 71.8 Å². The lowest BCUT2D eigenvalue weighted by Gasteiger charge is -2.32. The van der Waals surface area contributed by atoms with Crippen molar-refractivity contribution in [1.29, 1.82) is 0 Å². The van der Waals surface area contributed by atoms with E-state index < -0.39 is 5.54 Å². The Bertz CT molecular complexity index is 622. The van der Waals surface area contributed by atoms with Gasteiger partial charge in [0.05, 0.1) is 0 Å². The van der Waals surface area contributed by atoms with Crippen LogP contribution in [0.4, 0.5) is 0 Å². The summed E-state index contributed by atoms with van der Waals surface area (Å²) in [4.78, 5) is 24.7. The van der Waals surface area contributed by atoms with Gasteiger partial charge in [0, 0.05) is 5.56 Å². The first-order chi connectivity index (χ1) is 10.1. The average Bonchev–Trinajstić information content (AvgIpc) is 2.54. The fraction of sp³-hybridized carbons (Fsp3) is 0.222. The SMILES string of the molecule is CC[C@@](NC(=O)c1ccccc1)(C(C)=O)c1ccccc1. The molecule has 0 saturated heterocycles. The molecule has 1 amide bonds. The Morgan fingerprint density at radius 3 is 1.95 bits per heavy atom. The van der Waals surface area contributed by atoms with E-state index in [4.69, 9.17) is 0 Å². The van der Waals surface area contributed by atoms with Crippen LogP contribution < -0.4 is 5.32 Å². The quantitative estimate of drug-likeness (QED) is 0.914. The lowest BCUT2D eigenvalue weighted by molar-refractivity contribution is -0.123. The van der Waals surface area contributed by atoms with Crippen molar-refractivity contribution in [3.8, 4) is 0 Å². The van der Waals surface area contributed by atoms with Gasteiger partial charge in [0.1, 0.15) is 5.54 Å². The minimum atomic E-state index is -0.978. The van der Waals surface area contributed by atoms with E-state index in [1.165, 1.54) is 6.92 Å². The second kappa shape index (κ2) is 6.35. The van der Waals surface area contributed by atoms with E-state index in [9.17, 15) is 9.59 Å². The third kappa shape index (κ3) is 3.02. The van der Waals surface area contributed by atoms with Crippen molar-refractivity contribution in [2.45, 2.75) is 25.8 Å². The zero-order valence-corrected chi connectivity index (χ0v) is 12.3. The second-order valence-electron chi connectivity index (χ2n) is 5.00. The molecule has 1 N–H and O–H groups in total. The molecule has 2 rings (SSSR count). The highest BCUT2D eigenvalue weighted by atomic mass is 16.2. The highest BCUT2D eigenvalue weighted by molar-refractivity contribution is 5.99. The number of hydrogen-bond acceptors (Lipinski definition) is 2. The molecule has 0 fully saturated rings. The Balaban J connectivity index is 2.38. The maximum atomic E-state index is 12.4. The number of benzene rings is 2. The molecule has 2 aromatic carbocycles. The molecular formula is C18H19NO2. The van der Waals surface area contributed by atoms with Gasteiger partial charge in [0.15, 0.2) is 5.78 Å². The van der Waals surface area contributed by atoms with Crippen molar-refractivity contribution < 1.29 is 9.59 Å². The van der Waals surface area contributed by atoms with Crippen LogP contribution in [0.2, 0.25) is 0 Å². The standard InChI is InChI=1S/C18H19NO2/c1-3-18(14(2)20,16-12-8-5-9-13-16)19-17(21)15-10-6-4-7-11-15/h4-13H,3H2,1-2H3,(H,19,21)/t18-/m1/s1. The van der Waals surface area contributed by atoms with Crippen LogP contribution in [-0.2, 0) is 10.3 Å². The largest absolute Gasteiger partial charge is 0.336 e. The fourth-order valence-corrected chi connectivity index (χ4v) is 2.48. The van der Waals surface area contributed by atoms with Gasteiger partial charge in [-0.05, 0) is 31.0 Å². The highest BCUT2D eigenvalue weighted by Crippen LogP contribution is 2.26. The first kappa shape index (κ1) is 15.0. The number of ketones is 1. The Labute approximate surface area is 125 Å². The van der Waals surface area contributed by atoms with Crippen LogP contribution in [0, 0.1) is 0 Å². The van der Waals surface area contributed by atoms with Gasteiger partial charge in [-0.1, -0.05) is 55.5 Å². The summed E-state index contributed by atoms with van der Waals surface area (Å²) in [5.74, 6) is -0.308. The zero-order valence-electron chi connectivity index (χ0n) is 12.3. The summed E-state index contributed by atoms with van der Waals surface area (Å²) < 4.78 is 0. The Morgan fingerprint density at radius 2 is 1.48 bits per heavy atom. The molecule has 0 heterocycles. The maximum Gasteiger partial charge on any atom is 0.252 e. The predicted octanol–water partition coefficient (Wildman–Crippen LogP) is 3.31. The number of carbonyl (C=O) groups is 2. The van der Waals surface area contributed by atoms with E-state index in [0.717, 1.165) is 5.56 Å². The molecule has 1 atom stereocenters. The van der Waals surface area contributed by atoms with Gasteiger partial charge in [-0.3, -0.25) is 9.59 Å². The molecule has 0 radical (unpaired) electrons. The van der Waals surface area contributed by atoms with Crippen molar-refractivity contribution in [2.75, 3.05) is 0 Å². The average molecular weight is 281 g/mol. The van der Waals surface area contributed by atoms with Gasteiger partial charge in [0.2, 0.25) is 0 Å². The number of rotatable bonds is 5. The van der Waals surface area contributed by atoms with Crippen LogP contribution in [0.1, 0.15) is 36.2 Å². The molecule has 21 heavy (non-hydrogen) atoms. The number of nitrogens with one attached hydrogen (secondary N) is 1. The smallest absolute Gasteiger partial charge is 0.252 e. The van der Waals surface area contributed by atoms with E-state index in [1.54, 1.807) is 24.3 Å². The summed E-state index contributed by atoms with van der Waals surface area (Å²) in [6, 6.07) is 18.3. The number of carbonyl (C=O) groups excluding carboxylic acids is 2. The minimum absolute atomic E-state index is 0.0690. The predicted molar refractivity (Wildman–Crippen MR) is 83.0 cm³/mol. The third-order valence-corrected chi connectivity index (χ3v) is 3.76. The summed E-state index contributed by atoms with van der Waals surface area (Å²) in [5.41, 5.74) is 0.380. The van der Waals surface area contributed by atoms with Crippen LogP contribution in [0.3, 0.4) is 0 Å². The van der Waals surface area contributed by atoms with Gasteiger partial charge in [0.25, 0.3) is 5.91 Å². The Hall–Kier alpha value is -2.42. The second-order valence-corrected chi connectivity index (χ2v) is 5.00. The zero-order chi connectivity index (χ0) is 15.3. The van der Waals surface area contributed by atoms with Crippen LogP contribution in [0.25, 0.3) is 0 Å². The highest BCUT2D eigenvalue weighted by Gasteiger charge is 2.37. The normalized spacial score (nSPS) is 13.2. The summed E-state index contributed by atoms with van der Waals surface area (Å²) in [6.45, 7) is 3.42. The minimum Gasteiger partial charge on any atom is -0.336 e. The Kier molecular flexibility index (Phi) is 4.53. The lowest BCUT2D eigenvalue weighted by Crippen LogP contribution is -2.50. The van der Waals surface area contributed by atoms with E-state index in [0.29, 0.717) is 12.0 Å². The molecule has 108 valence electrons. The van der Waals surface area contributed by atoms with Gasteiger partial charge in [-0.25, -0.2) is 0 Å². The number of hydrogen-bond donors (Lipinski definition) is 1. The van der Waals surface area contributed by atoms with Gasteiger partial charge in [-0.15, -0.1) is 0 Å². The fourth-order valence-electron chi connectivity index (χ4n) is 2.48. The molecule has 3 heteroatoms. The van der Waals surface area contributed by atoms with E-state index in [1.807, 2.05) is 43.3 Å². The van der Waals surface area contributed by atoms with Crippen LogP contribution in [0.5, 0.6) is 0 Å². The monoisotopic (exact) mass is 281 g/mol. The maximum absolute atomic E-state index is 12.4. The van der Waals surface area contributed by atoms with E-state index in [2.05, 4.69) is 5.32 Å². The number of Topliss-reactive ketones (excluding diaryl/α,β-unsaturated/α-hetero) is 1. The molecule has 0 saturated carbocycles. The molecule has 0 aliphatic heterocycles. The van der Waals surface area contributed by atoms with Crippen molar-refractivity contribution in [3.63, 3.8) is 0 Å². The van der Waals surface area contributed by atoms with Gasteiger partial charge in [-0.2, -0.15) is 0 Å². The van der Waals surface area contributed by atoms with Crippen LogP contribution >= 0.6 is 0 Å². The van der Waals surface area contributed by atoms with Crippen molar-refractivity contribution >= 4 is 11.7 Å². The van der Waals surface area contributed by atoms with Crippen LogP contribution in [-0.4, -0.2) is 11.7 Å². The Morgan fingerprint density at radius 1 is 0.952 bits per heavy atom. The summed E-state index contributed by atoms with van der Waals surface area (Å²) in [7, 11) is 0. The molecule has 0 aromatic heterocycles. The molecule has 0 spiro atoms.